The van der Waals surface area contributed by atoms with Gasteiger partial charge in [0.15, 0.2) is 0 Å². The first-order valence-electron chi connectivity index (χ1n) is 9.46. The van der Waals surface area contributed by atoms with E-state index < -0.39 is 0 Å². The molecule has 1 unspecified atom stereocenters. The first-order valence-corrected chi connectivity index (χ1v) is 10.3. The molecule has 0 saturated heterocycles. The van der Waals surface area contributed by atoms with E-state index in [1.54, 1.807) is 6.26 Å². The summed E-state index contributed by atoms with van der Waals surface area (Å²) in [5.74, 6) is 0.518. The number of carbonyl (C=O) groups excluding carboxylic acids is 1. The summed E-state index contributed by atoms with van der Waals surface area (Å²) in [6, 6.07) is 12.0. The van der Waals surface area contributed by atoms with Gasteiger partial charge in [-0.05, 0) is 59.6 Å². The lowest BCUT2D eigenvalue weighted by Crippen LogP contribution is -2.35. The molecule has 0 aliphatic carbocycles. The van der Waals surface area contributed by atoms with E-state index in [0.29, 0.717) is 6.61 Å². The zero-order valence-corrected chi connectivity index (χ0v) is 17.5. The number of carbonyl (C=O) groups is 1. The number of hydrogen-bond acceptors (Lipinski definition) is 5. The predicted molar refractivity (Wildman–Crippen MR) is 112 cm³/mol. The molecule has 1 aromatic heterocycles. The number of nitrogens with zero attached hydrogens (tertiary/aromatic N) is 1. The molecule has 0 saturated carbocycles. The van der Waals surface area contributed by atoms with Crippen LogP contribution in [-0.2, 0) is 16.0 Å². The fourth-order valence-electron chi connectivity index (χ4n) is 3.66. The Bertz CT molecular complexity index is 1010. The van der Waals surface area contributed by atoms with Crippen molar-refractivity contribution >= 4 is 38.6 Å². The second kappa shape index (κ2) is 7.87. The van der Waals surface area contributed by atoms with Gasteiger partial charge in [0.1, 0.15) is 17.4 Å². The molecule has 1 aliphatic rings. The van der Waals surface area contributed by atoms with Crippen molar-refractivity contribution < 1.29 is 18.7 Å². The van der Waals surface area contributed by atoms with Crippen LogP contribution < -0.4 is 9.64 Å². The lowest BCUT2D eigenvalue weighted by Gasteiger charge is -2.37. The number of benzene rings is 2. The number of hydrogen-bond donors (Lipinski definition) is 0. The third kappa shape index (κ3) is 3.49. The van der Waals surface area contributed by atoms with Gasteiger partial charge in [-0.15, -0.1) is 0 Å². The molecule has 0 amide bonds. The number of ether oxygens (including phenoxy) is 2. The van der Waals surface area contributed by atoms with Gasteiger partial charge >= 0.3 is 5.97 Å². The van der Waals surface area contributed by atoms with Crippen molar-refractivity contribution in [3.05, 3.63) is 58.3 Å². The summed E-state index contributed by atoms with van der Waals surface area (Å²) in [5.41, 5.74) is 3.76. The number of likely N-dealkylation sites (N-methyl/N-ethyl adjacent to an activating group) is 1. The molecule has 4 rings (SSSR count). The molecule has 1 atom stereocenters. The van der Waals surface area contributed by atoms with E-state index in [2.05, 4.69) is 33.8 Å². The van der Waals surface area contributed by atoms with Gasteiger partial charge < -0.3 is 18.8 Å². The Labute approximate surface area is 172 Å². The molecule has 0 bridgehead atoms. The maximum absolute atomic E-state index is 12.1. The van der Waals surface area contributed by atoms with E-state index in [1.807, 2.05) is 37.3 Å². The third-order valence-corrected chi connectivity index (χ3v) is 5.57. The summed E-state index contributed by atoms with van der Waals surface area (Å²) in [6.07, 6.45) is 1.74. The molecule has 0 N–H and O–H groups in total. The minimum atomic E-state index is -0.243. The van der Waals surface area contributed by atoms with Crippen LogP contribution in [0, 0.1) is 0 Å². The highest BCUT2D eigenvalue weighted by atomic mass is 79.9. The highest BCUT2D eigenvalue weighted by Crippen LogP contribution is 2.42. The largest absolute Gasteiger partial charge is 0.481 e. The minimum Gasteiger partial charge on any atom is -0.481 e. The average Bonchev–Trinajstić information content (AvgIpc) is 3.17. The summed E-state index contributed by atoms with van der Waals surface area (Å²) >= 11 is 3.60. The van der Waals surface area contributed by atoms with Crippen LogP contribution in [-0.4, -0.2) is 25.7 Å². The normalized spacial score (nSPS) is 16.0. The van der Waals surface area contributed by atoms with Crippen molar-refractivity contribution in [1.82, 2.24) is 0 Å². The van der Waals surface area contributed by atoms with Crippen LogP contribution in [0.2, 0.25) is 0 Å². The third-order valence-electron chi connectivity index (χ3n) is 4.98. The number of anilines is 1. The molecule has 28 heavy (non-hydrogen) atoms. The second-order valence-electron chi connectivity index (χ2n) is 6.73. The van der Waals surface area contributed by atoms with Gasteiger partial charge in [0.05, 0.1) is 36.0 Å². The summed E-state index contributed by atoms with van der Waals surface area (Å²) in [7, 11) is 0. The number of esters is 1. The SMILES string of the molecule is CCOC(=O)Cc1cccc2c1OC(c1cc(Br)c3occc3c1)CN2CC. The van der Waals surface area contributed by atoms with Gasteiger partial charge in [-0.3, -0.25) is 4.79 Å². The smallest absolute Gasteiger partial charge is 0.310 e. The summed E-state index contributed by atoms with van der Waals surface area (Å²) < 4.78 is 18.0. The van der Waals surface area contributed by atoms with E-state index in [0.717, 1.165) is 51.1 Å². The monoisotopic (exact) mass is 443 g/mol. The van der Waals surface area contributed by atoms with Gasteiger partial charge in [0, 0.05) is 17.5 Å². The van der Waals surface area contributed by atoms with Crippen molar-refractivity contribution in [2.24, 2.45) is 0 Å². The Morgan fingerprint density at radius 1 is 1.29 bits per heavy atom. The maximum atomic E-state index is 12.1. The van der Waals surface area contributed by atoms with E-state index in [-0.39, 0.29) is 18.5 Å². The molecule has 5 nitrogen and oxygen atoms in total. The first-order chi connectivity index (χ1) is 13.6. The summed E-state index contributed by atoms with van der Waals surface area (Å²) in [6.45, 7) is 5.90. The molecule has 0 radical (unpaired) electrons. The Morgan fingerprint density at radius 3 is 2.93 bits per heavy atom. The van der Waals surface area contributed by atoms with Crippen molar-refractivity contribution in [2.45, 2.75) is 26.4 Å². The van der Waals surface area contributed by atoms with E-state index in [4.69, 9.17) is 13.9 Å². The van der Waals surface area contributed by atoms with Gasteiger partial charge in [-0.2, -0.15) is 0 Å². The Balaban J connectivity index is 1.71. The van der Waals surface area contributed by atoms with E-state index >= 15 is 0 Å². The number of halogens is 1. The molecular formula is C22H22BrNO4. The minimum absolute atomic E-state index is 0.147. The van der Waals surface area contributed by atoms with Crippen molar-refractivity contribution in [3.63, 3.8) is 0 Å². The van der Waals surface area contributed by atoms with Crippen LogP contribution in [0.15, 0.2) is 51.6 Å². The topological polar surface area (TPSA) is 51.9 Å². The van der Waals surface area contributed by atoms with Crippen molar-refractivity contribution in [3.8, 4) is 5.75 Å². The molecule has 0 fully saturated rings. The lowest BCUT2D eigenvalue weighted by molar-refractivity contribution is -0.142. The van der Waals surface area contributed by atoms with Gasteiger partial charge in [-0.1, -0.05) is 12.1 Å². The molecular weight excluding hydrogens is 422 g/mol. The molecule has 3 aromatic rings. The predicted octanol–water partition coefficient (Wildman–Crippen LogP) is 5.26. The molecule has 1 aliphatic heterocycles. The van der Waals surface area contributed by atoms with Crippen LogP contribution in [0.1, 0.15) is 31.1 Å². The molecule has 0 spiro atoms. The maximum Gasteiger partial charge on any atom is 0.310 e. The highest BCUT2D eigenvalue weighted by molar-refractivity contribution is 9.10. The van der Waals surface area contributed by atoms with Crippen LogP contribution in [0.3, 0.4) is 0 Å². The Hall–Kier alpha value is -2.47. The fraction of sp³-hybridized carbons (Fsp3) is 0.318. The molecule has 146 valence electrons. The zero-order valence-electron chi connectivity index (χ0n) is 15.9. The van der Waals surface area contributed by atoms with Crippen molar-refractivity contribution in [1.29, 1.82) is 0 Å². The van der Waals surface area contributed by atoms with Gasteiger partial charge in [-0.25, -0.2) is 0 Å². The molecule has 2 aromatic carbocycles. The second-order valence-corrected chi connectivity index (χ2v) is 7.59. The number of rotatable bonds is 5. The first kappa shape index (κ1) is 18.9. The van der Waals surface area contributed by atoms with Crippen molar-refractivity contribution in [2.75, 3.05) is 24.6 Å². The Morgan fingerprint density at radius 2 is 2.14 bits per heavy atom. The standard InChI is InChI=1S/C22H22BrNO4/c1-3-24-13-19(16-10-15-8-9-27-21(15)17(23)11-16)28-22-14(6-5-7-18(22)24)12-20(25)26-4-2/h5-11,19H,3-4,12-13H2,1-2H3. The quantitative estimate of drug-likeness (QED) is 0.503. The Kier molecular flexibility index (Phi) is 5.31. The lowest BCUT2D eigenvalue weighted by atomic mass is 10.0. The fourth-order valence-corrected chi connectivity index (χ4v) is 4.25. The number of furan rings is 1. The zero-order chi connectivity index (χ0) is 19.7. The van der Waals surface area contributed by atoms with E-state index in [1.165, 1.54) is 0 Å². The number of fused-ring (bicyclic) bond motifs is 2. The van der Waals surface area contributed by atoms with Gasteiger partial charge in [0.2, 0.25) is 0 Å². The van der Waals surface area contributed by atoms with E-state index in [9.17, 15) is 4.79 Å². The molecule has 6 heteroatoms. The average molecular weight is 444 g/mol. The molecule has 2 heterocycles. The summed E-state index contributed by atoms with van der Waals surface area (Å²) in [5, 5.41) is 1.03. The van der Waals surface area contributed by atoms with Crippen LogP contribution in [0.25, 0.3) is 11.0 Å². The van der Waals surface area contributed by atoms with Crippen LogP contribution in [0.5, 0.6) is 5.75 Å². The number of para-hydroxylation sites is 1. The highest BCUT2D eigenvalue weighted by Gasteiger charge is 2.29. The van der Waals surface area contributed by atoms with Crippen LogP contribution >= 0.6 is 15.9 Å². The summed E-state index contributed by atoms with van der Waals surface area (Å²) in [4.78, 5) is 14.3. The van der Waals surface area contributed by atoms with Crippen LogP contribution in [0.4, 0.5) is 5.69 Å². The van der Waals surface area contributed by atoms with Gasteiger partial charge in [0.25, 0.3) is 0 Å².